The first-order chi connectivity index (χ1) is 9.28. The number of hydrogen-bond donors (Lipinski definition) is 0. The van der Waals surface area contributed by atoms with Gasteiger partial charge in [0.25, 0.3) is 11.8 Å². The molecule has 19 heavy (non-hydrogen) atoms. The number of aromatic nitrogens is 5. The number of ether oxygens (including phenoxy) is 1. The highest BCUT2D eigenvalue weighted by Gasteiger charge is 2.13. The molecule has 0 bridgehead atoms. The second kappa shape index (κ2) is 4.45. The number of hydrogen-bond acceptors (Lipinski definition) is 6. The Morgan fingerprint density at radius 1 is 1.26 bits per heavy atom. The number of carbonyl (C=O) groups is 1. The van der Waals surface area contributed by atoms with Crippen LogP contribution in [-0.4, -0.2) is 37.8 Å². The van der Waals surface area contributed by atoms with Crippen molar-refractivity contribution in [2.75, 3.05) is 7.11 Å². The lowest BCUT2D eigenvalue weighted by atomic mass is 10.2. The average Bonchev–Trinajstić information content (AvgIpc) is 2.95. The van der Waals surface area contributed by atoms with Gasteiger partial charge in [0.2, 0.25) is 0 Å². The molecule has 0 aliphatic carbocycles. The molecular weight excluding hydrogens is 246 g/mol. The minimum atomic E-state index is -0.598. The fourth-order valence-electron chi connectivity index (χ4n) is 1.62. The van der Waals surface area contributed by atoms with E-state index >= 15 is 0 Å². The van der Waals surface area contributed by atoms with E-state index in [1.54, 1.807) is 6.20 Å². The van der Waals surface area contributed by atoms with Crippen LogP contribution in [0.25, 0.3) is 16.9 Å². The van der Waals surface area contributed by atoms with Crippen molar-refractivity contribution in [1.82, 2.24) is 24.7 Å². The monoisotopic (exact) mass is 255 g/mol. The summed E-state index contributed by atoms with van der Waals surface area (Å²) in [6.45, 7) is 0. The molecule has 0 atom stereocenters. The fourth-order valence-corrected chi connectivity index (χ4v) is 1.62. The molecule has 0 spiro atoms. The van der Waals surface area contributed by atoms with Crippen LogP contribution in [0.5, 0.6) is 0 Å². The average molecular weight is 255 g/mol. The van der Waals surface area contributed by atoms with E-state index in [-0.39, 0.29) is 5.82 Å². The highest BCUT2D eigenvalue weighted by molar-refractivity contribution is 5.84. The van der Waals surface area contributed by atoms with Crippen molar-refractivity contribution in [3.8, 4) is 5.95 Å². The van der Waals surface area contributed by atoms with Crippen molar-refractivity contribution < 1.29 is 9.53 Å². The van der Waals surface area contributed by atoms with Crippen molar-refractivity contribution in [3.63, 3.8) is 0 Å². The zero-order chi connectivity index (χ0) is 13.2. The molecule has 0 N–H and O–H groups in total. The van der Waals surface area contributed by atoms with E-state index < -0.39 is 5.97 Å². The first-order valence-electron chi connectivity index (χ1n) is 5.50. The van der Waals surface area contributed by atoms with Gasteiger partial charge in [0.15, 0.2) is 0 Å². The van der Waals surface area contributed by atoms with Crippen LogP contribution in [0, 0.1) is 0 Å². The molecule has 2 aromatic heterocycles. The molecule has 0 unspecified atom stereocenters. The smallest absolute Gasteiger partial charge is 0.377 e. The van der Waals surface area contributed by atoms with Crippen LogP contribution in [0.15, 0.2) is 36.8 Å². The Hall–Kier alpha value is -2.83. The first-order valence-corrected chi connectivity index (χ1v) is 5.50. The first kappa shape index (κ1) is 11.3. The summed E-state index contributed by atoms with van der Waals surface area (Å²) in [7, 11) is 1.27. The van der Waals surface area contributed by atoms with Gasteiger partial charge in [0.05, 0.1) is 12.6 Å². The summed E-state index contributed by atoms with van der Waals surface area (Å²) in [5, 5.41) is 4.89. The zero-order valence-corrected chi connectivity index (χ0v) is 10.0. The Bertz CT molecular complexity index is 752. The van der Waals surface area contributed by atoms with E-state index in [1.165, 1.54) is 18.1 Å². The van der Waals surface area contributed by atoms with Crippen molar-refractivity contribution in [3.05, 3.63) is 42.6 Å². The third-order valence-electron chi connectivity index (χ3n) is 2.54. The van der Waals surface area contributed by atoms with Crippen LogP contribution in [0.2, 0.25) is 0 Å². The maximum absolute atomic E-state index is 11.3. The molecule has 0 aliphatic heterocycles. The number of rotatable bonds is 2. The molecule has 0 saturated heterocycles. The van der Waals surface area contributed by atoms with Gasteiger partial charge < -0.3 is 4.74 Å². The highest BCUT2D eigenvalue weighted by Crippen LogP contribution is 2.11. The Morgan fingerprint density at radius 3 is 2.95 bits per heavy atom. The number of carbonyl (C=O) groups excluding carboxylic acids is 1. The largest absolute Gasteiger partial charge is 0.463 e. The second-order valence-corrected chi connectivity index (χ2v) is 3.73. The number of para-hydroxylation sites is 1. The van der Waals surface area contributed by atoms with Gasteiger partial charge in [-0.3, -0.25) is 0 Å². The van der Waals surface area contributed by atoms with Gasteiger partial charge in [-0.2, -0.15) is 4.68 Å². The standard InChI is InChI=1S/C12H9N5O2/c1-19-11(18)10-14-7-17(16-10)12-13-6-8-4-2-3-5-9(8)15-12/h2-7H,1H3. The van der Waals surface area contributed by atoms with Crippen molar-refractivity contribution in [1.29, 1.82) is 0 Å². The molecule has 94 valence electrons. The predicted molar refractivity (Wildman–Crippen MR) is 65.8 cm³/mol. The molecule has 3 rings (SSSR count). The van der Waals surface area contributed by atoms with Crippen molar-refractivity contribution in [2.24, 2.45) is 0 Å². The van der Waals surface area contributed by atoms with Gasteiger partial charge in [-0.1, -0.05) is 18.2 Å². The lowest BCUT2D eigenvalue weighted by Gasteiger charge is -2.00. The summed E-state index contributed by atoms with van der Waals surface area (Å²) < 4.78 is 5.87. The third-order valence-corrected chi connectivity index (χ3v) is 2.54. The SMILES string of the molecule is COC(=O)c1ncn(-c2ncc3ccccc3n2)n1. The van der Waals surface area contributed by atoms with E-state index in [0.717, 1.165) is 10.9 Å². The summed E-state index contributed by atoms with van der Waals surface area (Å²) in [4.78, 5) is 23.6. The molecule has 0 amide bonds. The van der Waals surface area contributed by atoms with Gasteiger partial charge in [0.1, 0.15) is 6.33 Å². The molecule has 3 aromatic rings. The van der Waals surface area contributed by atoms with Crippen LogP contribution in [0.3, 0.4) is 0 Å². The van der Waals surface area contributed by atoms with Gasteiger partial charge in [-0.15, -0.1) is 5.10 Å². The molecular formula is C12H9N5O2. The highest BCUT2D eigenvalue weighted by atomic mass is 16.5. The maximum Gasteiger partial charge on any atom is 0.377 e. The molecule has 7 nitrogen and oxygen atoms in total. The minimum Gasteiger partial charge on any atom is -0.463 e. The van der Waals surface area contributed by atoms with E-state index in [4.69, 9.17) is 0 Å². The molecule has 0 aliphatic rings. The minimum absolute atomic E-state index is 0.0285. The van der Waals surface area contributed by atoms with Gasteiger partial charge in [-0.25, -0.2) is 19.7 Å². The number of fused-ring (bicyclic) bond motifs is 1. The third kappa shape index (κ3) is 2.01. The Morgan fingerprint density at radius 2 is 2.11 bits per heavy atom. The number of esters is 1. The zero-order valence-electron chi connectivity index (χ0n) is 10.0. The summed E-state index contributed by atoms with van der Waals surface area (Å²) >= 11 is 0. The van der Waals surface area contributed by atoms with Crippen LogP contribution >= 0.6 is 0 Å². The molecule has 0 saturated carbocycles. The lowest BCUT2D eigenvalue weighted by molar-refractivity contribution is 0.0587. The van der Waals surface area contributed by atoms with Crippen molar-refractivity contribution >= 4 is 16.9 Å². The fraction of sp³-hybridized carbons (Fsp3) is 0.0833. The summed E-state index contributed by atoms with van der Waals surface area (Å²) in [5.41, 5.74) is 0.794. The molecule has 0 radical (unpaired) electrons. The van der Waals surface area contributed by atoms with Gasteiger partial charge in [0, 0.05) is 11.6 Å². The normalized spacial score (nSPS) is 10.6. The van der Waals surface area contributed by atoms with Crippen molar-refractivity contribution in [2.45, 2.75) is 0 Å². The maximum atomic E-state index is 11.3. The quantitative estimate of drug-likeness (QED) is 0.635. The van der Waals surface area contributed by atoms with Gasteiger partial charge >= 0.3 is 5.97 Å². The summed E-state index contributed by atoms with van der Waals surface area (Å²) in [6.07, 6.45) is 3.06. The number of benzene rings is 1. The lowest BCUT2D eigenvalue weighted by Crippen LogP contribution is -2.06. The molecule has 0 fully saturated rings. The Kier molecular flexibility index (Phi) is 2.64. The second-order valence-electron chi connectivity index (χ2n) is 3.73. The van der Waals surface area contributed by atoms with Crippen LogP contribution < -0.4 is 0 Å². The summed E-state index contributed by atoms with van der Waals surface area (Å²) in [6, 6.07) is 7.59. The van der Waals surface area contributed by atoms with E-state index in [2.05, 4.69) is 24.8 Å². The Labute approximate surface area is 107 Å². The topological polar surface area (TPSA) is 82.8 Å². The number of nitrogens with zero attached hydrogens (tertiary/aromatic N) is 5. The van der Waals surface area contributed by atoms with Gasteiger partial charge in [-0.05, 0) is 6.07 Å². The van der Waals surface area contributed by atoms with E-state index in [9.17, 15) is 4.79 Å². The number of methoxy groups -OCH3 is 1. The van der Waals surface area contributed by atoms with E-state index in [1.807, 2.05) is 24.3 Å². The van der Waals surface area contributed by atoms with Crippen LogP contribution in [0.4, 0.5) is 0 Å². The van der Waals surface area contributed by atoms with E-state index in [0.29, 0.717) is 5.95 Å². The summed E-state index contributed by atoms with van der Waals surface area (Å²) in [5.74, 6) is -0.278. The Balaban J connectivity index is 2.04. The predicted octanol–water partition coefficient (Wildman–Crippen LogP) is 0.997. The molecule has 7 heteroatoms. The molecule has 2 heterocycles. The van der Waals surface area contributed by atoms with Crippen LogP contribution in [0.1, 0.15) is 10.6 Å². The van der Waals surface area contributed by atoms with Crippen LogP contribution in [-0.2, 0) is 4.74 Å². The molecule has 1 aromatic carbocycles.